The molecule has 0 aromatic carbocycles. The van der Waals surface area contributed by atoms with Crippen molar-refractivity contribution >= 4 is 27.4 Å². The lowest BCUT2D eigenvalue weighted by atomic mass is 10.0. The van der Waals surface area contributed by atoms with E-state index < -0.39 is 0 Å². The second-order valence-electron chi connectivity index (χ2n) is 6.16. The molecule has 23 heavy (non-hydrogen) atoms. The highest BCUT2D eigenvalue weighted by atomic mass is 79.9. The van der Waals surface area contributed by atoms with Crippen LogP contribution in [0.25, 0.3) is 16.8 Å². The molecule has 2 atom stereocenters. The summed E-state index contributed by atoms with van der Waals surface area (Å²) in [5.74, 6) is 0.906. The molecule has 3 heterocycles. The van der Waals surface area contributed by atoms with E-state index in [2.05, 4.69) is 26.1 Å². The number of anilines is 1. The molecule has 0 saturated heterocycles. The van der Waals surface area contributed by atoms with Crippen LogP contribution in [0.5, 0.6) is 0 Å². The topological polar surface area (TPSA) is 100 Å². The van der Waals surface area contributed by atoms with Crippen molar-refractivity contribution in [1.82, 2.24) is 24.4 Å². The summed E-state index contributed by atoms with van der Waals surface area (Å²) in [7, 11) is 1.89. The smallest absolute Gasteiger partial charge is 0.165 e. The minimum absolute atomic E-state index is 0.244. The van der Waals surface area contributed by atoms with Crippen molar-refractivity contribution in [2.24, 2.45) is 12.8 Å². The predicted octanol–water partition coefficient (Wildman–Crippen LogP) is 2.07. The zero-order valence-electron chi connectivity index (χ0n) is 12.8. The van der Waals surface area contributed by atoms with Crippen molar-refractivity contribution in [2.45, 2.75) is 31.2 Å². The molecule has 8 heteroatoms. The molecule has 1 aliphatic carbocycles. The molecule has 4 N–H and O–H groups in total. The molecule has 7 nitrogen and oxygen atoms in total. The van der Waals surface area contributed by atoms with Gasteiger partial charge in [0.15, 0.2) is 5.65 Å². The zero-order valence-corrected chi connectivity index (χ0v) is 14.4. The fraction of sp³-hybridized carbons (Fsp3) is 0.400. The highest BCUT2D eigenvalue weighted by molar-refractivity contribution is 9.10. The Bertz CT molecular complexity index is 881. The Hall–Kier alpha value is -1.93. The molecule has 3 aromatic rings. The molecular formula is C15H18BrN7. The normalized spacial score (nSPS) is 21.3. The maximum atomic E-state index is 6.28. The van der Waals surface area contributed by atoms with Crippen molar-refractivity contribution < 1.29 is 0 Å². The maximum Gasteiger partial charge on any atom is 0.165 e. The maximum absolute atomic E-state index is 6.28. The summed E-state index contributed by atoms with van der Waals surface area (Å²) in [6.45, 7) is 0. The fourth-order valence-electron chi connectivity index (χ4n) is 3.31. The number of hydrogen-bond donors (Lipinski definition) is 2. The van der Waals surface area contributed by atoms with Crippen LogP contribution in [0.3, 0.4) is 0 Å². The molecule has 0 radical (unpaired) electrons. The van der Waals surface area contributed by atoms with E-state index in [1.165, 1.54) is 0 Å². The number of aryl methyl sites for hydroxylation is 1. The lowest BCUT2D eigenvalue weighted by Crippen LogP contribution is -2.15. The first-order chi connectivity index (χ1) is 11.0. The van der Waals surface area contributed by atoms with E-state index in [4.69, 9.17) is 16.5 Å². The Morgan fingerprint density at radius 2 is 2.09 bits per heavy atom. The summed E-state index contributed by atoms with van der Waals surface area (Å²) < 4.78 is 4.26. The van der Waals surface area contributed by atoms with Crippen molar-refractivity contribution in [3.63, 3.8) is 0 Å². The quantitative estimate of drug-likeness (QED) is 0.713. The molecule has 0 spiro atoms. The molecule has 1 fully saturated rings. The summed E-state index contributed by atoms with van der Waals surface area (Å²) in [4.78, 5) is 4.88. The van der Waals surface area contributed by atoms with E-state index in [0.717, 1.165) is 46.2 Å². The molecule has 4 rings (SSSR count). The summed E-state index contributed by atoms with van der Waals surface area (Å²) in [6.07, 6.45) is 8.55. The van der Waals surface area contributed by atoms with Gasteiger partial charge in [-0.05, 0) is 35.2 Å². The van der Waals surface area contributed by atoms with Crippen LogP contribution >= 0.6 is 15.9 Å². The minimum Gasteiger partial charge on any atom is -0.383 e. The van der Waals surface area contributed by atoms with Gasteiger partial charge in [-0.15, -0.1) is 0 Å². The molecule has 0 aliphatic heterocycles. The lowest BCUT2D eigenvalue weighted by molar-refractivity contribution is 0.658. The Kier molecular flexibility index (Phi) is 3.38. The Labute approximate surface area is 141 Å². The van der Waals surface area contributed by atoms with Gasteiger partial charge in [0, 0.05) is 36.3 Å². The molecule has 1 unspecified atom stereocenters. The van der Waals surface area contributed by atoms with Crippen LogP contribution < -0.4 is 11.5 Å². The number of nitrogens with two attached hydrogens (primary N) is 2. The first kappa shape index (κ1) is 14.6. The average Bonchev–Trinajstić information content (AvgIpc) is 3.22. The molecule has 1 saturated carbocycles. The molecule has 3 aromatic heterocycles. The van der Waals surface area contributed by atoms with E-state index in [0.29, 0.717) is 11.7 Å². The number of aromatic nitrogens is 5. The van der Waals surface area contributed by atoms with Crippen LogP contribution in [0.4, 0.5) is 5.82 Å². The van der Waals surface area contributed by atoms with Gasteiger partial charge in [0.05, 0.1) is 22.6 Å². The van der Waals surface area contributed by atoms with Gasteiger partial charge >= 0.3 is 0 Å². The number of nitrogen functional groups attached to an aromatic ring is 1. The predicted molar refractivity (Wildman–Crippen MR) is 91.9 cm³/mol. The number of halogens is 1. The number of hydrogen-bond acceptors (Lipinski definition) is 5. The van der Waals surface area contributed by atoms with Crippen LogP contribution in [-0.2, 0) is 7.05 Å². The average molecular weight is 376 g/mol. The largest absolute Gasteiger partial charge is 0.383 e. The summed E-state index contributed by atoms with van der Waals surface area (Å²) >= 11 is 3.60. The second kappa shape index (κ2) is 5.31. The van der Waals surface area contributed by atoms with Crippen molar-refractivity contribution in [1.29, 1.82) is 0 Å². The molecular weight excluding hydrogens is 358 g/mol. The van der Waals surface area contributed by atoms with Gasteiger partial charge in [-0.3, -0.25) is 4.68 Å². The first-order valence-electron chi connectivity index (χ1n) is 7.61. The van der Waals surface area contributed by atoms with E-state index >= 15 is 0 Å². The lowest BCUT2D eigenvalue weighted by Gasteiger charge is -2.14. The third kappa shape index (κ3) is 2.33. The van der Waals surface area contributed by atoms with Crippen LogP contribution in [0.15, 0.2) is 23.1 Å². The SMILES string of the molecule is Cn1cc(-c2cnn3c(N)c(Br)c([C@@H]4CCC(N)C4)nc23)cn1. The molecule has 1 aliphatic rings. The second-order valence-corrected chi connectivity index (χ2v) is 6.96. The van der Waals surface area contributed by atoms with E-state index in [1.807, 2.05) is 19.4 Å². The van der Waals surface area contributed by atoms with Crippen LogP contribution in [0, 0.1) is 0 Å². The Morgan fingerprint density at radius 1 is 1.26 bits per heavy atom. The monoisotopic (exact) mass is 375 g/mol. The van der Waals surface area contributed by atoms with Crippen LogP contribution in [0.2, 0.25) is 0 Å². The molecule has 0 bridgehead atoms. The van der Waals surface area contributed by atoms with Gasteiger partial charge in [0.1, 0.15) is 5.82 Å². The Morgan fingerprint density at radius 3 is 2.74 bits per heavy atom. The molecule has 0 amide bonds. The fourth-order valence-corrected chi connectivity index (χ4v) is 3.89. The van der Waals surface area contributed by atoms with Gasteiger partial charge in [-0.25, -0.2) is 4.98 Å². The number of rotatable bonds is 2. The van der Waals surface area contributed by atoms with Crippen LogP contribution in [0.1, 0.15) is 30.9 Å². The van der Waals surface area contributed by atoms with Gasteiger partial charge in [-0.1, -0.05) is 0 Å². The number of nitrogens with zero attached hydrogens (tertiary/aromatic N) is 5. The van der Waals surface area contributed by atoms with Gasteiger partial charge in [0.2, 0.25) is 0 Å². The van der Waals surface area contributed by atoms with Crippen molar-refractivity contribution in [2.75, 3.05) is 5.73 Å². The van der Waals surface area contributed by atoms with Gasteiger partial charge < -0.3 is 11.5 Å². The summed E-state index contributed by atoms with van der Waals surface area (Å²) in [5.41, 5.74) is 16.0. The van der Waals surface area contributed by atoms with Gasteiger partial charge in [0.25, 0.3) is 0 Å². The first-order valence-corrected chi connectivity index (χ1v) is 8.41. The highest BCUT2D eigenvalue weighted by Crippen LogP contribution is 2.39. The van der Waals surface area contributed by atoms with Gasteiger partial charge in [-0.2, -0.15) is 14.7 Å². The van der Waals surface area contributed by atoms with E-state index in [1.54, 1.807) is 15.4 Å². The third-order valence-electron chi connectivity index (χ3n) is 4.52. The van der Waals surface area contributed by atoms with Crippen molar-refractivity contribution in [3.8, 4) is 11.1 Å². The number of fused-ring (bicyclic) bond motifs is 1. The zero-order chi connectivity index (χ0) is 16.1. The van der Waals surface area contributed by atoms with E-state index in [-0.39, 0.29) is 6.04 Å². The van der Waals surface area contributed by atoms with Crippen molar-refractivity contribution in [3.05, 3.63) is 28.8 Å². The van der Waals surface area contributed by atoms with E-state index in [9.17, 15) is 0 Å². The minimum atomic E-state index is 0.244. The highest BCUT2D eigenvalue weighted by Gasteiger charge is 2.28. The summed E-state index contributed by atoms with van der Waals surface area (Å²) in [5, 5.41) is 8.61. The summed E-state index contributed by atoms with van der Waals surface area (Å²) in [6, 6.07) is 0.244. The standard InChI is InChI=1S/C15H18BrN7/c1-22-7-9(5-19-22)11-6-20-23-14(18)12(16)13(21-15(11)23)8-2-3-10(17)4-8/h5-8,10H,2-4,17-18H2,1H3/t8-,10?/m1/s1. The Balaban J connectivity index is 1.90. The molecule has 120 valence electrons. The van der Waals surface area contributed by atoms with Crippen LogP contribution in [-0.4, -0.2) is 30.4 Å². The third-order valence-corrected chi connectivity index (χ3v) is 5.34.